The lowest BCUT2D eigenvalue weighted by molar-refractivity contribution is -0.120. The molecule has 1 aromatic carbocycles. The molecule has 0 aliphatic rings. The Labute approximate surface area is 86.1 Å². The zero-order valence-corrected chi connectivity index (χ0v) is 9.37. The van der Waals surface area contributed by atoms with Gasteiger partial charge in [0.2, 0.25) is 0 Å². The van der Waals surface area contributed by atoms with Gasteiger partial charge in [-0.2, -0.15) is 0 Å². The van der Waals surface area contributed by atoms with Gasteiger partial charge in [0, 0.05) is 5.92 Å². The van der Waals surface area contributed by atoms with Gasteiger partial charge in [0.1, 0.15) is 5.78 Å². The second-order valence-corrected chi connectivity index (χ2v) is 4.82. The van der Waals surface area contributed by atoms with Crippen LogP contribution in [0.4, 0.5) is 0 Å². The normalized spacial score (nSPS) is 13.7. The van der Waals surface area contributed by atoms with Crippen LogP contribution in [0.2, 0.25) is 0 Å². The molecule has 0 bridgehead atoms. The summed E-state index contributed by atoms with van der Waals surface area (Å²) in [7, 11) is 0. The Morgan fingerprint density at radius 3 is 2.00 bits per heavy atom. The van der Waals surface area contributed by atoms with E-state index >= 15 is 0 Å². The van der Waals surface area contributed by atoms with Gasteiger partial charge in [0.25, 0.3) is 0 Å². The Morgan fingerprint density at radius 2 is 1.64 bits per heavy atom. The van der Waals surface area contributed by atoms with Gasteiger partial charge < -0.3 is 0 Å². The minimum absolute atomic E-state index is 0.00343. The van der Waals surface area contributed by atoms with Crippen LogP contribution in [0.1, 0.15) is 39.2 Å². The zero-order chi connectivity index (χ0) is 10.8. The third kappa shape index (κ3) is 2.44. The van der Waals surface area contributed by atoms with E-state index in [0.29, 0.717) is 0 Å². The SMILES string of the molecule is CC(=O)[C@H](c1ccccc1)C(C)(C)C. The van der Waals surface area contributed by atoms with Crippen molar-refractivity contribution >= 4 is 5.78 Å². The molecule has 0 aliphatic carbocycles. The predicted molar refractivity (Wildman–Crippen MR) is 59.3 cm³/mol. The molecule has 0 heterocycles. The summed E-state index contributed by atoms with van der Waals surface area (Å²) in [6, 6.07) is 9.99. The highest BCUT2D eigenvalue weighted by Gasteiger charge is 2.29. The molecule has 0 saturated carbocycles. The lowest BCUT2D eigenvalue weighted by Gasteiger charge is -2.28. The molecule has 1 atom stereocenters. The first-order valence-electron chi connectivity index (χ1n) is 4.98. The topological polar surface area (TPSA) is 17.1 Å². The summed E-state index contributed by atoms with van der Waals surface area (Å²) in [6.07, 6.45) is 0. The molecule has 0 aromatic heterocycles. The van der Waals surface area contributed by atoms with Crippen molar-refractivity contribution in [2.45, 2.75) is 33.6 Å². The summed E-state index contributed by atoms with van der Waals surface area (Å²) in [5.74, 6) is 0.243. The van der Waals surface area contributed by atoms with Crippen molar-refractivity contribution in [3.05, 3.63) is 35.9 Å². The van der Waals surface area contributed by atoms with Crippen LogP contribution in [-0.2, 0) is 4.79 Å². The van der Waals surface area contributed by atoms with Gasteiger partial charge in [-0.15, -0.1) is 0 Å². The number of carbonyl (C=O) groups is 1. The van der Waals surface area contributed by atoms with Gasteiger partial charge in [0.05, 0.1) is 0 Å². The van der Waals surface area contributed by atoms with Crippen LogP contribution < -0.4 is 0 Å². The highest BCUT2D eigenvalue weighted by atomic mass is 16.1. The fourth-order valence-electron chi connectivity index (χ4n) is 1.99. The third-order valence-electron chi connectivity index (χ3n) is 2.41. The summed E-state index contributed by atoms with van der Waals surface area (Å²) in [6.45, 7) is 7.98. The maximum Gasteiger partial charge on any atom is 0.137 e. The number of benzene rings is 1. The number of rotatable bonds is 2. The highest BCUT2D eigenvalue weighted by Crippen LogP contribution is 2.35. The van der Waals surface area contributed by atoms with Crippen molar-refractivity contribution in [2.75, 3.05) is 0 Å². The molecule has 1 aromatic rings. The summed E-state index contributed by atoms with van der Waals surface area (Å²) < 4.78 is 0. The maximum atomic E-state index is 11.6. The summed E-state index contributed by atoms with van der Waals surface area (Å²) in [5, 5.41) is 0. The van der Waals surface area contributed by atoms with E-state index in [9.17, 15) is 4.79 Å². The van der Waals surface area contributed by atoms with E-state index in [0.717, 1.165) is 5.56 Å². The molecule has 14 heavy (non-hydrogen) atoms. The Bertz CT molecular complexity index is 306. The van der Waals surface area contributed by atoms with Gasteiger partial charge in [-0.25, -0.2) is 0 Å². The average Bonchev–Trinajstić information content (AvgIpc) is 2.02. The van der Waals surface area contributed by atoms with Crippen LogP contribution >= 0.6 is 0 Å². The number of ketones is 1. The molecule has 1 heteroatoms. The Morgan fingerprint density at radius 1 is 1.14 bits per heavy atom. The van der Waals surface area contributed by atoms with E-state index in [1.54, 1.807) is 6.92 Å². The van der Waals surface area contributed by atoms with Gasteiger partial charge in [-0.3, -0.25) is 4.79 Å². The second kappa shape index (κ2) is 3.95. The predicted octanol–water partition coefficient (Wildman–Crippen LogP) is 3.41. The summed E-state index contributed by atoms with van der Waals surface area (Å²) >= 11 is 0. The standard InChI is InChI=1S/C13H18O/c1-10(14)12(13(2,3)4)11-8-6-5-7-9-11/h5-9,12H,1-4H3/t12-/m1/s1. The third-order valence-corrected chi connectivity index (χ3v) is 2.41. The molecule has 0 spiro atoms. The van der Waals surface area contributed by atoms with Crippen molar-refractivity contribution < 1.29 is 4.79 Å². The highest BCUT2D eigenvalue weighted by molar-refractivity contribution is 5.84. The van der Waals surface area contributed by atoms with E-state index in [-0.39, 0.29) is 17.1 Å². The molecule has 1 nitrogen and oxygen atoms in total. The fourth-order valence-corrected chi connectivity index (χ4v) is 1.99. The summed E-state index contributed by atoms with van der Waals surface area (Å²) in [5.41, 5.74) is 1.11. The first-order chi connectivity index (χ1) is 6.43. The average molecular weight is 190 g/mol. The Hall–Kier alpha value is -1.11. The van der Waals surface area contributed by atoms with Crippen LogP contribution in [0.3, 0.4) is 0 Å². The minimum Gasteiger partial charge on any atom is -0.299 e. The maximum absolute atomic E-state index is 11.6. The molecule has 0 aliphatic heterocycles. The largest absolute Gasteiger partial charge is 0.299 e. The van der Waals surface area contributed by atoms with E-state index in [1.165, 1.54) is 0 Å². The van der Waals surface area contributed by atoms with Crippen LogP contribution in [-0.4, -0.2) is 5.78 Å². The molecule has 0 N–H and O–H groups in total. The molecule has 0 radical (unpaired) electrons. The Kier molecular flexibility index (Phi) is 3.10. The molecule has 0 saturated heterocycles. The second-order valence-electron chi connectivity index (χ2n) is 4.82. The molecular formula is C13H18O. The molecule has 76 valence electrons. The van der Waals surface area contributed by atoms with Crippen molar-refractivity contribution in [3.8, 4) is 0 Å². The smallest absolute Gasteiger partial charge is 0.137 e. The van der Waals surface area contributed by atoms with Gasteiger partial charge >= 0.3 is 0 Å². The van der Waals surface area contributed by atoms with Gasteiger partial charge in [0.15, 0.2) is 0 Å². The van der Waals surface area contributed by atoms with Crippen molar-refractivity contribution in [1.82, 2.24) is 0 Å². The molecule has 1 rings (SSSR count). The van der Waals surface area contributed by atoms with E-state index in [1.807, 2.05) is 30.3 Å². The zero-order valence-electron chi connectivity index (χ0n) is 9.37. The van der Waals surface area contributed by atoms with Crippen LogP contribution in [0, 0.1) is 5.41 Å². The number of hydrogen-bond acceptors (Lipinski definition) is 1. The number of carbonyl (C=O) groups excluding carboxylic acids is 1. The number of Topliss-reactive ketones (excluding diaryl/α,β-unsaturated/α-hetero) is 1. The van der Waals surface area contributed by atoms with Gasteiger partial charge in [-0.1, -0.05) is 51.1 Å². The van der Waals surface area contributed by atoms with Crippen molar-refractivity contribution in [2.24, 2.45) is 5.41 Å². The molecule has 0 unspecified atom stereocenters. The van der Waals surface area contributed by atoms with Crippen LogP contribution in [0.15, 0.2) is 30.3 Å². The van der Waals surface area contributed by atoms with Crippen molar-refractivity contribution in [3.63, 3.8) is 0 Å². The van der Waals surface area contributed by atoms with Gasteiger partial charge in [-0.05, 0) is 17.9 Å². The lowest BCUT2D eigenvalue weighted by Crippen LogP contribution is -2.24. The summed E-state index contributed by atoms with van der Waals surface area (Å²) in [4.78, 5) is 11.6. The van der Waals surface area contributed by atoms with Crippen LogP contribution in [0.25, 0.3) is 0 Å². The minimum atomic E-state index is -0.00676. The van der Waals surface area contributed by atoms with Crippen molar-refractivity contribution in [1.29, 1.82) is 0 Å². The van der Waals surface area contributed by atoms with E-state index < -0.39 is 0 Å². The molecule has 0 fully saturated rings. The quantitative estimate of drug-likeness (QED) is 0.698. The molecular weight excluding hydrogens is 172 g/mol. The first-order valence-corrected chi connectivity index (χ1v) is 4.98. The van der Waals surface area contributed by atoms with Crippen LogP contribution in [0.5, 0.6) is 0 Å². The monoisotopic (exact) mass is 190 g/mol. The lowest BCUT2D eigenvalue weighted by atomic mass is 9.74. The molecule has 0 amide bonds. The number of hydrogen-bond donors (Lipinski definition) is 0. The Balaban J connectivity index is 3.08. The first kappa shape index (κ1) is 11.0. The fraction of sp³-hybridized carbons (Fsp3) is 0.462. The van der Waals surface area contributed by atoms with E-state index in [2.05, 4.69) is 20.8 Å². The van der Waals surface area contributed by atoms with E-state index in [4.69, 9.17) is 0 Å².